The van der Waals surface area contributed by atoms with Gasteiger partial charge in [-0.2, -0.15) is 4.31 Å². The van der Waals surface area contributed by atoms with Gasteiger partial charge in [0.15, 0.2) is 10.7 Å². The van der Waals surface area contributed by atoms with Crippen molar-refractivity contribution in [2.45, 2.75) is 51.3 Å². The fourth-order valence-corrected chi connectivity index (χ4v) is 5.73. The first-order chi connectivity index (χ1) is 15.2. The highest BCUT2D eigenvalue weighted by Crippen LogP contribution is 2.29. The van der Waals surface area contributed by atoms with Gasteiger partial charge in [0.1, 0.15) is 5.69 Å². The monoisotopic (exact) mass is 459 g/mol. The second-order valence-electron chi connectivity index (χ2n) is 8.52. The molecule has 1 atom stereocenters. The van der Waals surface area contributed by atoms with Crippen LogP contribution in [0, 0.1) is 19.8 Å². The number of hydrogen-bond donors (Lipinski definition) is 0. The Bertz CT molecular complexity index is 1060. The van der Waals surface area contributed by atoms with Crippen LogP contribution in [0.4, 0.5) is 0 Å². The van der Waals surface area contributed by atoms with Gasteiger partial charge >= 0.3 is 0 Å². The summed E-state index contributed by atoms with van der Waals surface area (Å²) in [7, 11) is -2.05. The Morgan fingerprint density at radius 3 is 2.66 bits per heavy atom. The van der Waals surface area contributed by atoms with E-state index in [1.54, 1.807) is 24.9 Å². The van der Waals surface area contributed by atoms with Gasteiger partial charge in [-0.15, -0.1) is 0 Å². The molecule has 0 N–H and O–H groups in total. The minimum absolute atomic E-state index is 0.0138. The quantitative estimate of drug-likeness (QED) is 0.593. The third-order valence-electron chi connectivity index (χ3n) is 5.89. The summed E-state index contributed by atoms with van der Waals surface area (Å²) in [5.74, 6) is -0.108. The first kappa shape index (κ1) is 24.2. The molecule has 1 aromatic carbocycles. The minimum Gasteiger partial charge on any atom is -0.355 e. The zero-order valence-electron chi connectivity index (χ0n) is 19.4. The van der Waals surface area contributed by atoms with Gasteiger partial charge in [-0.1, -0.05) is 54.4 Å². The van der Waals surface area contributed by atoms with Crippen molar-refractivity contribution in [2.75, 3.05) is 26.7 Å². The van der Waals surface area contributed by atoms with Crippen LogP contribution in [0.25, 0.3) is 12.2 Å². The molecule has 32 heavy (non-hydrogen) atoms. The van der Waals surface area contributed by atoms with Crippen LogP contribution in [0.15, 0.2) is 33.7 Å². The molecular weight excluding hydrogens is 426 g/mol. The van der Waals surface area contributed by atoms with Crippen LogP contribution in [0.2, 0.25) is 0 Å². The van der Waals surface area contributed by atoms with Gasteiger partial charge in [0.05, 0.1) is 5.92 Å². The molecule has 2 aromatic rings. The van der Waals surface area contributed by atoms with E-state index in [9.17, 15) is 13.2 Å². The van der Waals surface area contributed by atoms with Crippen LogP contribution in [0.1, 0.15) is 55.2 Å². The second kappa shape index (κ2) is 10.4. The average Bonchev–Trinajstić information content (AvgIpc) is 3.17. The summed E-state index contributed by atoms with van der Waals surface area (Å²) >= 11 is 0. The molecule has 3 rings (SSSR count). The molecule has 0 radical (unpaired) electrons. The number of sulfonamides is 1. The van der Waals surface area contributed by atoms with E-state index in [-0.39, 0.29) is 29.0 Å². The molecule has 1 fully saturated rings. The summed E-state index contributed by atoms with van der Waals surface area (Å²) in [4.78, 5) is 14.6. The molecule has 1 aromatic heterocycles. The van der Waals surface area contributed by atoms with Gasteiger partial charge in [-0.05, 0) is 44.7 Å². The summed E-state index contributed by atoms with van der Waals surface area (Å²) in [5.41, 5.74) is 2.41. The maximum atomic E-state index is 13.5. The number of carbonyl (C=O) groups is 1. The number of unbranched alkanes of at least 4 members (excludes halogenated alkanes) is 1. The Morgan fingerprint density at radius 2 is 1.97 bits per heavy atom. The highest BCUT2D eigenvalue weighted by molar-refractivity contribution is 7.89. The van der Waals surface area contributed by atoms with E-state index in [1.807, 2.05) is 37.3 Å². The maximum absolute atomic E-state index is 13.5. The van der Waals surface area contributed by atoms with Crippen LogP contribution in [-0.2, 0) is 14.8 Å². The summed E-state index contributed by atoms with van der Waals surface area (Å²) < 4.78 is 33.8. The molecule has 1 unspecified atom stereocenters. The van der Waals surface area contributed by atoms with Crippen molar-refractivity contribution in [1.29, 1.82) is 0 Å². The van der Waals surface area contributed by atoms with Crippen molar-refractivity contribution in [3.05, 3.63) is 46.8 Å². The van der Waals surface area contributed by atoms with Gasteiger partial charge in [0.25, 0.3) is 0 Å². The Labute approximate surface area is 191 Å². The largest absolute Gasteiger partial charge is 0.355 e. The second-order valence-corrected chi connectivity index (χ2v) is 10.4. The molecule has 174 valence electrons. The van der Waals surface area contributed by atoms with Crippen molar-refractivity contribution in [1.82, 2.24) is 14.4 Å². The SMILES string of the molecule is CCCCN(C)C(=O)C1CCCN(S(=O)(=O)c2c(C)noc2/C=C/c2ccc(C)cc2)C1. The number of rotatable bonds is 8. The summed E-state index contributed by atoms with van der Waals surface area (Å²) in [6.45, 7) is 6.98. The lowest BCUT2D eigenvalue weighted by molar-refractivity contribution is -0.135. The lowest BCUT2D eigenvalue weighted by Crippen LogP contribution is -2.46. The fraction of sp³-hybridized carbons (Fsp3) is 0.500. The van der Waals surface area contributed by atoms with Gasteiger partial charge in [-0.3, -0.25) is 4.79 Å². The molecule has 1 aliphatic heterocycles. The van der Waals surface area contributed by atoms with E-state index < -0.39 is 10.0 Å². The predicted octanol–water partition coefficient (Wildman–Crippen LogP) is 4.12. The topological polar surface area (TPSA) is 83.7 Å². The van der Waals surface area contributed by atoms with Crippen molar-refractivity contribution >= 4 is 28.1 Å². The van der Waals surface area contributed by atoms with Crippen molar-refractivity contribution in [3.8, 4) is 0 Å². The Morgan fingerprint density at radius 1 is 1.25 bits per heavy atom. The van der Waals surface area contributed by atoms with Crippen molar-refractivity contribution < 1.29 is 17.7 Å². The molecule has 8 heteroatoms. The standard InChI is InChI=1S/C24H33N3O4S/c1-5-6-15-26(4)24(28)21-8-7-16-27(17-21)32(29,30)23-19(3)25-31-22(23)14-13-20-11-9-18(2)10-12-20/h9-14,21H,5-8,15-17H2,1-4H3/b14-13+. The molecule has 1 aliphatic rings. The maximum Gasteiger partial charge on any atom is 0.248 e. The molecular formula is C24H33N3O4S. The number of benzene rings is 1. The number of piperidine rings is 1. The Hall–Kier alpha value is -2.45. The van der Waals surface area contributed by atoms with E-state index in [1.165, 1.54) is 4.31 Å². The lowest BCUT2D eigenvalue weighted by Gasteiger charge is -2.33. The summed E-state index contributed by atoms with van der Waals surface area (Å²) in [6, 6.07) is 7.90. The lowest BCUT2D eigenvalue weighted by atomic mass is 9.98. The molecule has 2 heterocycles. The highest BCUT2D eigenvalue weighted by Gasteiger charge is 2.37. The molecule has 0 spiro atoms. The fourth-order valence-electron chi connectivity index (χ4n) is 3.96. The normalized spacial score (nSPS) is 17.7. The van der Waals surface area contributed by atoms with Crippen LogP contribution in [-0.4, -0.2) is 55.4 Å². The van der Waals surface area contributed by atoms with Crippen LogP contribution < -0.4 is 0 Å². The van der Waals surface area contributed by atoms with Crippen molar-refractivity contribution in [3.63, 3.8) is 0 Å². The molecule has 0 bridgehead atoms. The third-order valence-corrected chi connectivity index (χ3v) is 7.92. The molecule has 7 nitrogen and oxygen atoms in total. The van der Waals surface area contributed by atoms with Crippen LogP contribution in [0.3, 0.4) is 0 Å². The summed E-state index contributed by atoms with van der Waals surface area (Å²) in [6.07, 6.45) is 6.74. The zero-order valence-corrected chi connectivity index (χ0v) is 20.2. The van der Waals surface area contributed by atoms with E-state index >= 15 is 0 Å². The third kappa shape index (κ3) is 5.48. The summed E-state index contributed by atoms with van der Waals surface area (Å²) in [5, 5.41) is 3.91. The predicted molar refractivity (Wildman–Crippen MR) is 125 cm³/mol. The van der Waals surface area contributed by atoms with Gasteiger partial charge in [0.2, 0.25) is 15.9 Å². The number of amides is 1. The highest BCUT2D eigenvalue weighted by atomic mass is 32.2. The van der Waals surface area contributed by atoms with Gasteiger partial charge < -0.3 is 9.42 Å². The smallest absolute Gasteiger partial charge is 0.248 e. The van der Waals surface area contributed by atoms with Crippen LogP contribution >= 0.6 is 0 Å². The number of hydrogen-bond acceptors (Lipinski definition) is 5. The van der Waals surface area contributed by atoms with E-state index in [2.05, 4.69) is 12.1 Å². The molecule has 0 aliphatic carbocycles. The zero-order chi connectivity index (χ0) is 23.3. The molecule has 0 saturated carbocycles. The average molecular weight is 460 g/mol. The molecule has 1 amide bonds. The number of carbonyl (C=O) groups excluding carboxylic acids is 1. The van der Waals surface area contributed by atoms with Gasteiger partial charge in [-0.25, -0.2) is 8.42 Å². The van der Waals surface area contributed by atoms with E-state index in [0.29, 0.717) is 31.6 Å². The Kier molecular flexibility index (Phi) is 7.90. The first-order valence-corrected chi connectivity index (χ1v) is 12.6. The van der Waals surface area contributed by atoms with E-state index in [0.717, 1.165) is 24.0 Å². The van der Waals surface area contributed by atoms with Crippen LogP contribution in [0.5, 0.6) is 0 Å². The minimum atomic E-state index is -3.85. The Balaban J connectivity index is 1.81. The molecule has 1 saturated heterocycles. The van der Waals surface area contributed by atoms with Gasteiger partial charge in [0, 0.05) is 26.7 Å². The van der Waals surface area contributed by atoms with E-state index in [4.69, 9.17) is 4.52 Å². The number of aromatic nitrogens is 1. The number of aryl methyl sites for hydroxylation is 2. The van der Waals surface area contributed by atoms with Crippen molar-refractivity contribution in [2.24, 2.45) is 5.92 Å². The first-order valence-electron chi connectivity index (χ1n) is 11.2. The number of nitrogens with zero attached hydrogens (tertiary/aromatic N) is 3.